The van der Waals surface area contributed by atoms with Crippen LogP contribution in [0.4, 0.5) is 17.6 Å². The number of halogens is 4. The van der Waals surface area contributed by atoms with E-state index in [2.05, 4.69) is 20.0 Å². The van der Waals surface area contributed by atoms with Gasteiger partial charge in [-0.3, -0.25) is 4.79 Å². The molecule has 2 aromatic carbocycles. The van der Waals surface area contributed by atoms with E-state index in [1.165, 1.54) is 17.7 Å². The van der Waals surface area contributed by atoms with Crippen LogP contribution in [0.25, 0.3) is 11.4 Å². The average Bonchev–Trinajstić information content (AvgIpc) is 3.19. The molecular weight excluding hydrogens is 390 g/mol. The lowest BCUT2D eigenvalue weighted by atomic mass is 10.1. The number of carbonyl (C=O) groups is 1. The lowest BCUT2D eigenvalue weighted by molar-refractivity contribution is -0.159. The van der Waals surface area contributed by atoms with E-state index in [1.807, 2.05) is 30.3 Å². The van der Waals surface area contributed by atoms with Crippen LogP contribution < -0.4 is 5.32 Å². The topological polar surface area (TPSA) is 68.0 Å². The Hall–Kier alpha value is -3.23. The number of alkyl halides is 3. The van der Waals surface area contributed by atoms with E-state index in [1.54, 1.807) is 0 Å². The fourth-order valence-corrected chi connectivity index (χ4v) is 2.69. The summed E-state index contributed by atoms with van der Waals surface area (Å²) in [4.78, 5) is 15.3. The highest BCUT2D eigenvalue weighted by Gasteiger charge is 2.38. The van der Waals surface area contributed by atoms with E-state index in [4.69, 9.17) is 0 Å². The summed E-state index contributed by atoms with van der Waals surface area (Å²) < 4.78 is 55.9. The maximum atomic E-state index is 14.3. The van der Waals surface area contributed by atoms with Crippen molar-refractivity contribution in [3.63, 3.8) is 0 Å². The summed E-state index contributed by atoms with van der Waals surface area (Å²) in [6.45, 7) is 0.382. The molecule has 0 aliphatic carbocycles. The number of aryl methyl sites for hydroxylation is 1. The van der Waals surface area contributed by atoms with Crippen LogP contribution in [0.2, 0.25) is 0 Å². The van der Waals surface area contributed by atoms with Gasteiger partial charge < -0.3 is 9.84 Å². The minimum absolute atomic E-state index is 0.0267. The molecule has 0 atom stereocenters. The second kappa shape index (κ2) is 8.85. The van der Waals surface area contributed by atoms with Gasteiger partial charge in [0.1, 0.15) is 5.82 Å². The van der Waals surface area contributed by atoms with Gasteiger partial charge in [0, 0.05) is 12.1 Å². The van der Waals surface area contributed by atoms with Crippen LogP contribution in [0.3, 0.4) is 0 Å². The number of unbranched alkanes of at least 4 members (excludes halogenated alkanes) is 1. The monoisotopic (exact) mass is 407 g/mol. The van der Waals surface area contributed by atoms with Crippen molar-refractivity contribution in [1.29, 1.82) is 0 Å². The zero-order valence-corrected chi connectivity index (χ0v) is 15.2. The molecular formula is C20H17F4N3O2. The molecule has 1 amide bonds. The Labute approximate surface area is 163 Å². The first-order chi connectivity index (χ1) is 13.8. The molecule has 1 aromatic heterocycles. The number of hydrogen-bond acceptors (Lipinski definition) is 4. The van der Waals surface area contributed by atoms with Crippen molar-refractivity contribution in [2.75, 3.05) is 6.54 Å². The number of nitrogens with zero attached hydrogens (tertiary/aromatic N) is 2. The van der Waals surface area contributed by atoms with Crippen molar-refractivity contribution >= 4 is 5.91 Å². The van der Waals surface area contributed by atoms with E-state index < -0.39 is 29.6 Å². The van der Waals surface area contributed by atoms with Crippen LogP contribution in [0, 0.1) is 5.82 Å². The maximum Gasteiger partial charge on any atom is 0.471 e. The Morgan fingerprint density at radius 1 is 1.07 bits per heavy atom. The van der Waals surface area contributed by atoms with Gasteiger partial charge in [-0.15, -0.1) is 0 Å². The first-order valence-electron chi connectivity index (χ1n) is 8.87. The lowest BCUT2D eigenvalue weighted by Gasteiger charge is -2.07. The molecule has 29 heavy (non-hydrogen) atoms. The van der Waals surface area contributed by atoms with Crippen LogP contribution in [-0.4, -0.2) is 22.6 Å². The van der Waals surface area contributed by atoms with E-state index in [-0.39, 0.29) is 11.1 Å². The van der Waals surface area contributed by atoms with Crippen LogP contribution in [0.15, 0.2) is 53.1 Å². The molecule has 0 spiro atoms. The second-order valence-electron chi connectivity index (χ2n) is 6.31. The molecule has 0 aliphatic heterocycles. The zero-order valence-electron chi connectivity index (χ0n) is 15.2. The smallest absolute Gasteiger partial charge is 0.352 e. The van der Waals surface area contributed by atoms with Crippen molar-refractivity contribution in [3.05, 3.63) is 71.4 Å². The van der Waals surface area contributed by atoms with Gasteiger partial charge in [-0.1, -0.05) is 41.6 Å². The van der Waals surface area contributed by atoms with Crippen molar-refractivity contribution < 1.29 is 26.9 Å². The number of nitrogens with one attached hydrogen (secondary N) is 1. The Balaban J connectivity index is 1.54. The fraction of sp³-hybridized carbons (Fsp3) is 0.250. The summed E-state index contributed by atoms with van der Waals surface area (Å²) in [5.74, 6) is -3.42. The Bertz CT molecular complexity index is 971. The van der Waals surface area contributed by atoms with Crippen LogP contribution in [0.5, 0.6) is 0 Å². The molecule has 9 heteroatoms. The van der Waals surface area contributed by atoms with Gasteiger partial charge in [-0.2, -0.15) is 18.2 Å². The summed E-state index contributed by atoms with van der Waals surface area (Å²) in [6.07, 6.45) is -2.32. The highest BCUT2D eigenvalue weighted by atomic mass is 19.4. The first-order valence-corrected chi connectivity index (χ1v) is 8.87. The third kappa shape index (κ3) is 5.40. The van der Waals surface area contributed by atoms with Gasteiger partial charge >= 0.3 is 12.1 Å². The average molecular weight is 407 g/mol. The number of hydrogen-bond donors (Lipinski definition) is 1. The highest BCUT2D eigenvalue weighted by Crippen LogP contribution is 2.29. The van der Waals surface area contributed by atoms with Crippen LogP contribution in [0.1, 0.15) is 34.7 Å². The SMILES string of the molecule is O=C(NCCCCc1ccccc1)c1ccc(-c2noc(C(F)(F)F)n2)cc1F. The molecule has 0 aliphatic rings. The maximum absolute atomic E-state index is 14.3. The largest absolute Gasteiger partial charge is 0.471 e. The molecule has 5 nitrogen and oxygen atoms in total. The van der Waals surface area contributed by atoms with Crippen molar-refractivity contribution in [3.8, 4) is 11.4 Å². The minimum Gasteiger partial charge on any atom is -0.352 e. The Morgan fingerprint density at radius 2 is 1.83 bits per heavy atom. The number of carbonyl (C=O) groups excluding carboxylic acids is 1. The predicted molar refractivity (Wildman–Crippen MR) is 96.4 cm³/mol. The minimum atomic E-state index is -4.79. The van der Waals surface area contributed by atoms with E-state index in [9.17, 15) is 22.4 Å². The number of rotatable bonds is 7. The molecule has 0 radical (unpaired) electrons. The third-order valence-electron chi connectivity index (χ3n) is 4.16. The molecule has 1 heterocycles. The zero-order chi connectivity index (χ0) is 20.9. The standard InChI is InChI=1S/C20H17F4N3O2/c21-16-12-14(17-26-19(29-27-17)20(22,23)24)9-10-15(16)18(28)25-11-5-4-8-13-6-2-1-3-7-13/h1-3,6-7,9-10,12H,4-5,8,11H2,(H,25,28). The summed E-state index contributed by atoms with van der Waals surface area (Å²) in [7, 11) is 0. The third-order valence-corrected chi connectivity index (χ3v) is 4.16. The summed E-state index contributed by atoms with van der Waals surface area (Å²) in [5, 5.41) is 5.82. The van der Waals surface area contributed by atoms with Gasteiger partial charge in [0.15, 0.2) is 0 Å². The number of aromatic nitrogens is 2. The summed E-state index contributed by atoms with van der Waals surface area (Å²) in [6, 6.07) is 13.2. The molecule has 0 saturated heterocycles. The van der Waals surface area contributed by atoms with Crippen molar-refractivity contribution in [2.45, 2.75) is 25.4 Å². The number of benzene rings is 2. The van der Waals surface area contributed by atoms with Gasteiger partial charge in [0.25, 0.3) is 5.91 Å². The normalized spacial score (nSPS) is 11.4. The predicted octanol–water partition coefficient (Wildman–Crippen LogP) is 4.65. The van der Waals surface area contributed by atoms with Gasteiger partial charge in [-0.05, 0) is 37.0 Å². The lowest BCUT2D eigenvalue weighted by Crippen LogP contribution is -2.25. The van der Waals surface area contributed by atoms with Gasteiger partial charge in [-0.25, -0.2) is 4.39 Å². The molecule has 3 aromatic rings. The molecule has 1 N–H and O–H groups in total. The fourth-order valence-electron chi connectivity index (χ4n) is 2.69. The highest BCUT2D eigenvalue weighted by molar-refractivity contribution is 5.94. The second-order valence-corrected chi connectivity index (χ2v) is 6.31. The summed E-state index contributed by atoms with van der Waals surface area (Å²) in [5.41, 5.74) is 0.966. The number of amides is 1. The first kappa shape index (κ1) is 20.5. The molecule has 0 saturated carbocycles. The molecule has 152 valence electrons. The van der Waals surface area contributed by atoms with Crippen molar-refractivity contribution in [1.82, 2.24) is 15.5 Å². The quantitative estimate of drug-likeness (QED) is 0.457. The van der Waals surface area contributed by atoms with E-state index in [0.29, 0.717) is 6.54 Å². The summed E-state index contributed by atoms with van der Waals surface area (Å²) >= 11 is 0. The Kier molecular flexibility index (Phi) is 6.26. The molecule has 3 rings (SSSR count). The van der Waals surface area contributed by atoms with Crippen LogP contribution in [-0.2, 0) is 12.6 Å². The van der Waals surface area contributed by atoms with E-state index in [0.717, 1.165) is 25.3 Å². The molecule has 0 bridgehead atoms. The van der Waals surface area contributed by atoms with Gasteiger partial charge in [0.05, 0.1) is 5.56 Å². The molecule has 0 unspecified atom stereocenters. The Morgan fingerprint density at radius 3 is 2.48 bits per heavy atom. The van der Waals surface area contributed by atoms with Gasteiger partial charge in [0.2, 0.25) is 5.82 Å². The molecule has 0 fully saturated rings. The van der Waals surface area contributed by atoms with E-state index >= 15 is 0 Å². The van der Waals surface area contributed by atoms with Crippen molar-refractivity contribution in [2.24, 2.45) is 0 Å². The van der Waals surface area contributed by atoms with Crippen LogP contribution >= 0.6 is 0 Å².